The third kappa shape index (κ3) is 4.51. The van der Waals surface area contributed by atoms with Crippen molar-refractivity contribution in [1.82, 2.24) is 9.88 Å². The van der Waals surface area contributed by atoms with Crippen LogP contribution in [0.4, 0.5) is 5.69 Å². The van der Waals surface area contributed by atoms with Crippen molar-refractivity contribution in [3.8, 4) is 5.75 Å². The lowest BCUT2D eigenvalue weighted by Crippen LogP contribution is -2.32. The van der Waals surface area contributed by atoms with Crippen molar-refractivity contribution in [3.63, 3.8) is 0 Å². The first-order chi connectivity index (χ1) is 15.8. The summed E-state index contributed by atoms with van der Waals surface area (Å²) >= 11 is 0. The van der Waals surface area contributed by atoms with E-state index in [-0.39, 0.29) is 29.5 Å². The lowest BCUT2D eigenvalue weighted by Gasteiger charge is -2.19. The van der Waals surface area contributed by atoms with Gasteiger partial charge in [-0.1, -0.05) is 57.2 Å². The Morgan fingerprint density at radius 2 is 1.67 bits per heavy atom. The number of pyridine rings is 1. The summed E-state index contributed by atoms with van der Waals surface area (Å²) in [6.45, 7) is 6.58. The molecule has 168 valence electrons. The molecule has 3 aromatic rings. The molecule has 1 aliphatic heterocycles. The van der Waals surface area contributed by atoms with Crippen LogP contribution < -0.4 is 10.1 Å². The number of para-hydroxylation sites is 1. The number of hydrogen-bond donors (Lipinski definition) is 1. The zero-order chi connectivity index (χ0) is 23.6. The number of aromatic nitrogens is 1. The Bertz CT molecular complexity index is 1210. The van der Waals surface area contributed by atoms with Gasteiger partial charge in [0.1, 0.15) is 11.4 Å². The average molecular weight is 442 g/mol. The van der Waals surface area contributed by atoms with Crippen LogP contribution in [-0.2, 0) is 21.5 Å². The van der Waals surface area contributed by atoms with Crippen molar-refractivity contribution >= 4 is 23.1 Å². The Morgan fingerprint density at radius 3 is 2.30 bits per heavy atom. The Morgan fingerprint density at radius 1 is 0.939 bits per heavy atom. The topological polar surface area (TPSA) is 71.5 Å². The minimum absolute atomic E-state index is 0.0139. The summed E-state index contributed by atoms with van der Waals surface area (Å²) in [4.78, 5) is 32.3. The van der Waals surface area contributed by atoms with Crippen LogP contribution in [0.5, 0.6) is 5.75 Å². The summed E-state index contributed by atoms with van der Waals surface area (Å²) in [6.07, 6.45) is 3.31. The molecule has 6 heteroatoms. The van der Waals surface area contributed by atoms with E-state index in [1.807, 2.05) is 42.5 Å². The zero-order valence-electron chi connectivity index (χ0n) is 19.3. The summed E-state index contributed by atoms with van der Waals surface area (Å²) in [5, 5.41) is 3.21. The number of nitrogens with one attached hydrogen (secondary N) is 1. The highest BCUT2D eigenvalue weighted by Crippen LogP contribution is 2.36. The largest absolute Gasteiger partial charge is 0.496 e. The van der Waals surface area contributed by atoms with E-state index in [9.17, 15) is 9.59 Å². The normalized spacial score (nSPS) is 14.1. The van der Waals surface area contributed by atoms with Gasteiger partial charge in [-0.15, -0.1) is 0 Å². The van der Waals surface area contributed by atoms with E-state index < -0.39 is 0 Å². The molecule has 33 heavy (non-hydrogen) atoms. The van der Waals surface area contributed by atoms with Crippen LogP contribution in [-0.4, -0.2) is 28.8 Å². The van der Waals surface area contributed by atoms with E-state index in [0.29, 0.717) is 16.9 Å². The number of carbonyl (C=O) groups is 2. The number of methoxy groups -OCH3 is 1. The molecule has 0 fully saturated rings. The van der Waals surface area contributed by atoms with Gasteiger partial charge in [-0.2, -0.15) is 0 Å². The van der Waals surface area contributed by atoms with Gasteiger partial charge < -0.3 is 10.1 Å². The molecule has 6 nitrogen and oxygen atoms in total. The lowest BCUT2D eigenvalue weighted by molar-refractivity contribution is -0.137. The fourth-order valence-electron chi connectivity index (χ4n) is 3.81. The molecule has 1 aliphatic rings. The summed E-state index contributed by atoms with van der Waals surface area (Å²) in [6, 6.07) is 18.7. The predicted octanol–water partition coefficient (Wildman–Crippen LogP) is 4.78. The van der Waals surface area contributed by atoms with E-state index in [1.54, 1.807) is 37.7 Å². The van der Waals surface area contributed by atoms with Crippen LogP contribution in [0.15, 0.2) is 78.8 Å². The Hall–Kier alpha value is -3.93. The van der Waals surface area contributed by atoms with Gasteiger partial charge in [0, 0.05) is 23.6 Å². The third-order valence-corrected chi connectivity index (χ3v) is 5.63. The number of benzene rings is 2. The molecule has 0 saturated carbocycles. The fraction of sp³-hybridized carbons (Fsp3) is 0.222. The van der Waals surface area contributed by atoms with Gasteiger partial charge >= 0.3 is 0 Å². The molecular weight excluding hydrogens is 414 g/mol. The van der Waals surface area contributed by atoms with Gasteiger partial charge in [0.25, 0.3) is 11.8 Å². The maximum atomic E-state index is 13.5. The van der Waals surface area contributed by atoms with Gasteiger partial charge in [0.05, 0.1) is 19.2 Å². The molecule has 2 heterocycles. The number of ether oxygens (including phenoxy) is 1. The van der Waals surface area contributed by atoms with Gasteiger partial charge in [-0.05, 0) is 40.8 Å². The van der Waals surface area contributed by atoms with E-state index >= 15 is 0 Å². The standard InChI is InChI=1S/C27H27N3O3/c1-27(2,3)19-11-13-20(14-12-19)29-24-23(21-9-5-6-10-22(21)33-4)25(31)30(26(24)32)17-18-8-7-15-28-16-18/h5-16,29H,17H2,1-4H3. The highest BCUT2D eigenvalue weighted by Gasteiger charge is 2.40. The Balaban J connectivity index is 1.75. The van der Waals surface area contributed by atoms with E-state index in [4.69, 9.17) is 4.74 Å². The number of rotatable bonds is 6. The predicted molar refractivity (Wildman–Crippen MR) is 128 cm³/mol. The molecule has 0 saturated heterocycles. The fourth-order valence-corrected chi connectivity index (χ4v) is 3.81. The SMILES string of the molecule is COc1ccccc1C1=C(Nc2ccc(C(C)(C)C)cc2)C(=O)N(Cc2cccnc2)C1=O. The number of amides is 2. The molecule has 2 aromatic carbocycles. The molecular formula is C27H27N3O3. The quantitative estimate of drug-likeness (QED) is 0.558. The summed E-state index contributed by atoms with van der Waals surface area (Å²) < 4.78 is 5.49. The molecule has 0 aliphatic carbocycles. The third-order valence-electron chi connectivity index (χ3n) is 5.63. The number of carbonyl (C=O) groups excluding carboxylic acids is 2. The van der Waals surface area contributed by atoms with E-state index in [0.717, 1.165) is 11.3 Å². The van der Waals surface area contributed by atoms with Gasteiger partial charge in [-0.25, -0.2) is 0 Å². The number of imide groups is 1. The first kappa shape index (κ1) is 22.3. The van der Waals surface area contributed by atoms with Crippen LogP contribution in [0.1, 0.15) is 37.5 Å². The minimum atomic E-state index is -0.385. The van der Waals surface area contributed by atoms with Crippen LogP contribution in [0, 0.1) is 0 Å². The number of hydrogen-bond acceptors (Lipinski definition) is 5. The van der Waals surface area contributed by atoms with Crippen molar-refractivity contribution in [3.05, 3.63) is 95.4 Å². The number of anilines is 1. The first-order valence-electron chi connectivity index (χ1n) is 10.8. The second-order valence-electron chi connectivity index (χ2n) is 8.96. The maximum Gasteiger partial charge on any atom is 0.278 e. The monoisotopic (exact) mass is 441 g/mol. The molecule has 0 spiro atoms. The molecule has 1 aromatic heterocycles. The van der Waals surface area contributed by atoms with Crippen LogP contribution in [0.3, 0.4) is 0 Å². The van der Waals surface area contributed by atoms with E-state index in [2.05, 4.69) is 31.1 Å². The maximum absolute atomic E-state index is 13.5. The van der Waals surface area contributed by atoms with Crippen LogP contribution in [0.2, 0.25) is 0 Å². The minimum Gasteiger partial charge on any atom is -0.496 e. The van der Waals surface area contributed by atoms with Crippen molar-refractivity contribution < 1.29 is 14.3 Å². The molecule has 0 atom stereocenters. The van der Waals surface area contributed by atoms with Crippen molar-refractivity contribution in [2.24, 2.45) is 0 Å². The van der Waals surface area contributed by atoms with Crippen molar-refractivity contribution in [1.29, 1.82) is 0 Å². The molecule has 0 radical (unpaired) electrons. The molecule has 2 amide bonds. The van der Waals surface area contributed by atoms with E-state index in [1.165, 1.54) is 10.5 Å². The summed E-state index contributed by atoms with van der Waals surface area (Å²) in [5.41, 5.74) is 3.79. The second kappa shape index (κ2) is 8.90. The number of nitrogens with zero attached hydrogens (tertiary/aromatic N) is 2. The van der Waals surface area contributed by atoms with Crippen LogP contribution >= 0.6 is 0 Å². The van der Waals surface area contributed by atoms with Crippen molar-refractivity contribution in [2.75, 3.05) is 12.4 Å². The Kier molecular flexibility index (Phi) is 6.01. The zero-order valence-corrected chi connectivity index (χ0v) is 19.3. The lowest BCUT2D eigenvalue weighted by atomic mass is 9.87. The molecule has 0 bridgehead atoms. The molecule has 4 rings (SSSR count). The molecule has 0 unspecified atom stereocenters. The van der Waals surface area contributed by atoms with Crippen LogP contribution in [0.25, 0.3) is 5.57 Å². The summed E-state index contributed by atoms with van der Waals surface area (Å²) in [7, 11) is 1.55. The second-order valence-corrected chi connectivity index (χ2v) is 8.96. The molecule has 1 N–H and O–H groups in total. The van der Waals surface area contributed by atoms with Gasteiger partial charge in [0.15, 0.2) is 0 Å². The van der Waals surface area contributed by atoms with Gasteiger partial charge in [0.2, 0.25) is 0 Å². The van der Waals surface area contributed by atoms with Crippen molar-refractivity contribution in [2.45, 2.75) is 32.7 Å². The van der Waals surface area contributed by atoms with Gasteiger partial charge in [-0.3, -0.25) is 19.5 Å². The summed E-state index contributed by atoms with van der Waals surface area (Å²) in [5.74, 6) is -0.230. The first-order valence-corrected chi connectivity index (χ1v) is 10.8. The average Bonchev–Trinajstić information content (AvgIpc) is 3.03. The smallest absolute Gasteiger partial charge is 0.278 e. The highest BCUT2D eigenvalue weighted by molar-refractivity contribution is 6.36. The Labute approximate surface area is 193 Å². The highest BCUT2D eigenvalue weighted by atomic mass is 16.5.